The van der Waals surface area contributed by atoms with Crippen LogP contribution in [0.5, 0.6) is 0 Å². The van der Waals surface area contributed by atoms with Crippen LogP contribution in [0.15, 0.2) is 0 Å². The van der Waals surface area contributed by atoms with Crippen LogP contribution in [0.4, 0.5) is 4.79 Å². The van der Waals surface area contributed by atoms with Crippen LogP contribution in [0.2, 0.25) is 0 Å². The highest BCUT2D eigenvalue weighted by Crippen LogP contribution is 2.39. The SMILES string of the molecule is CCC(CC(=O)O)NC(=O)NCC1(C)CCC1. The Kier molecular flexibility index (Phi) is 4.78. The van der Waals surface area contributed by atoms with E-state index in [0.717, 1.165) is 12.8 Å². The molecule has 5 nitrogen and oxygen atoms in total. The van der Waals surface area contributed by atoms with Crippen molar-refractivity contribution in [1.82, 2.24) is 10.6 Å². The Morgan fingerprint density at radius 3 is 2.47 bits per heavy atom. The molecular weight excluding hydrogens is 220 g/mol. The van der Waals surface area contributed by atoms with Gasteiger partial charge in [0.1, 0.15) is 0 Å². The van der Waals surface area contributed by atoms with Gasteiger partial charge in [0.25, 0.3) is 0 Å². The minimum Gasteiger partial charge on any atom is -0.481 e. The van der Waals surface area contributed by atoms with Crippen molar-refractivity contribution in [3.8, 4) is 0 Å². The summed E-state index contributed by atoms with van der Waals surface area (Å²) in [4.78, 5) is 22.1. The van der Waals surface area contributed by atoms with Gasteiger partial charge in [-0.2, -0.15) is 0 Å². The zero-order chi connectivity index (χ0) is 12.9. The van der Waals surface area contributed by atoms with Crippen LogP contribution >= 0.6 is 0 Å². The Morgan fingerprint density at radius 1 is 1.41 bits per heavy atom. The summed E-state index contributed by atoms with van der Waals surface area (Å²) in [5, 5.41) is 14.2. The number of carboxylic acid groups (broad SMARTS) is 1. The molecule has 1 atom stereocenters. The van der Waals surface area contributed by atoms with Crippen molar-refractivity contribution < 1.29 is 14.7 Å². The van der Waals surface area contributed by atoms with Crippen LogP contribution in [0.25, 0.3) is 0 Å². The van der Waals surface area contributed by atoms with Gasteiger partial charge in [0, 0.05) is 12.6 Å². The third-order valence-electron chi connectivity index (χ3n) is 3.49. The number of carbonyl (C=O) groups is 2. The van der Waals surface area contributed by atoms with Crippen molar-refractivity contribution in [2.75, 3.05) is 6.54 Å². The summed E-state index contributed by atoms with van der Waals surface area (Å²) in [5.41, 5.74) is 0.242. The van der Waals surface area contributed by atoms with E-state index < -0.39 is 5.97 Å². The fraction of sp³-hybridized carbons (Fsp3) is 0.833. The smallest absolute Gasteiger partial charge is 0.315 e. The molecule has 1 aliphatic carbocycles. The topological polar surface area (TPSA) is 78.4 Å². The summed E-state index contributed by atoms with van der Waals surface area (Å²) in [6.45, 7) is 4.69. The minimum atomic E-state index is -0.886. The monoisotopic (exact) mass is 242 g/mol. The summed E-state index contributed by atoms with van der Waals surface area (Å²) in [6.07, 6.45) is 4.13. The van der Waals surface area contributed by atoms with Gasteiger partial charge < -0.3 is 15.7 Å². The Morgan fingerprint density at radius 2 is 2.06 bits per heavy atom. The summed E-state index contributed by atoms with van der Waals surface area (Å²) in [7, 11) is 0. The predicted octanol–water partition coefficient (Wildman–Crippen LogP) is 1.73. The van der Waals surface area contributed by atoms with Crippen LogP contribution in [-0.4, -0.2) is 29.7 Å². The zero-order valence-corrected chi connectivity index (χ0v) is 10.6. The van der Waals surface area contributed by atoms with Gasteiger partial charge >= 0.3 is 12.0 Å². The third-order valence-corrected chi connectivity index (χ3v) is 3.49. The van der Waals surface area contributed by atoms with Crippen molar-refractivity contribution in [1.29, 1.82) is 0 Å². The van der Waals surface area contributed by atoms with E-state index in [4.69, 9.17) is 5.11 Å². The molecule has 17 heavy (non-hydrogen) atoms. The number of aliphatic carboxylic acids is 1. The molecule has 0 spiro atoms. The van der Waals surface area contributed by atoms with Crippen LogP contribution in [0.3, 0.4) is 0 Å². The Hall–Kier alpha value is -1.26. The highest BCUT2D eigenvalue weighted by Gasteiger charge is 2.31. The molecule has 0 radical (unpaired) electrons. The Bertz CT molecular complexity index is 287. The molecule has 0 heterocycles. The number of amides is 2. The molecule has 1 aliphatic rings. The van der Waals surface area contributed by atoms with Gasteiger partial charge in [-0.1, -0.05) is 20.3 Å². The molecule has 0 aromatic carbocycles. The van der Waals surface area contributed by atoms with E-state index in [2.05, 4.69) is 17.6 Å². The van der Waals surface area contributed by atoms with Crippen molar-refractivity contribution in [3.63, 3.8) is 0 Å². The lowest BCUT2D eigenvalue weighted by Gasteiger charge is -2.38. The van der Waals surface area contributed by atoms with Gasteiger partial charge in [0.15, 0.2) is 0 Å². The normalized spacial score (nSPS) is 18.9. The Balaban J connectivity index is 2.24. The molecule has 98 valence electrons. The molecule has 0 aromatic rings. The van der Waals surface area contributed by atoms with Crippen molar-refractivity contribution in [2.45, 2.75) is 52.0 Å². The average molecular weight is 242 g/mol. The molecule has 0 aromatic heterocycles. The van der Waals surface area contributed by atoms with E-state index in [-0.39, 0.29) is 23.9 Å². The van der Waals surface area contributed by atoms with Gasteiger partial charge in [-0.3, -0.25) is 4.79 Å². The van der Waals surface area contributed by atoms with Crippen LogP contribution in [0.1, 0.15) is 46.0 Å². The maximum atomic E-state index is 11.6. The third kappa shape index (κ3) is 4.63. The van der Waals surface area contributed by atoms with E-state index in [9.17, 15) is 9.59 Å². The maximum absolute atomic E-state index is 11.6. The zero-order valence-electron chi connectivity index (χ0n) is 10.6. The van der Waals surface area contributed by atoms with E-state index in [0.29, 0.717) is 13.0 Å². The fourth-order valence-corrected chi connectivity index (χ4v) is 2.00. The van der Waals surface area contributed by atoms with E-state index >= 15 is 0 Å². The molecule has 0 aliphatic heterocycles. The van der Waals surface area contributed by atoms with Crippen LogP contribution in [0, 0.1) is 5.41 Å². The lowest BCUT2D eigenvalue weighted by Crippen LogP contribution is -2.47. The number of hydrogen-bond acceptors (Lipinski definition) is 2. The molecule has 5 heteroatoms. The van der Waals surface area contributed by atoms with E-state index in [1.165, 1.54) is 6.42 Å². The number of carbonyl (C=O) groups excluding carboxylic acids is 1. The first-order chi connectivity index (χ1) is 7.95. The summed E-state index contributed by atoms with van der Waals surface area (Å²) >= 11 is 0. The second-order valence-electron chi connectivity index (χ2n) is 5.19. The first-order valence-electron chi connectivity index (χ1n) is 6.21. The van der Waals surface area contributed by atoms with Crippen molar-refractivity contribution >= 4 is 12.0 Å². The summed E-state index contributed by atoms with van der Waals surface area (Å²) in [5.74, 6) is -0.886. The maximum Gasteiger partial charge on any atom is 0.315 e. The lowest BCUT2D eigenvalue weighted by molar-refractivity contribution is -0.137. The van der Waals surface area contributed by atoms with Gasteiger partial charge in [0.2, 0.25) is 0 Å². The van der Waals surface area contributed by atoms with Gasteiger partial charge in [-0.15, -0.1) is 0 Å². The molecular formula is C12H22N2O3. The molecule has 1 rings (SSSR count). The van der Waals surface area contributed by atoms with Crippen LogP contribution in [-0.2, 0) is 4.79 Å². The highest BCUT2D eigenvalue weighted by molar-refractivity contribution is 5.75. The van der Waals surface area contributed by atoms with Gasteiger partial charge in [-0.05, 0) is 24.7 Å². The second-order valence-corrected chi connectivity index (χ2v) is 5.19. The number of hydrogen-bond donors (Lipinski definition) is 3. The minimum absolute atomic E-state index is 0.0266. The molecule has 0 saturated heterocycles. The lowest BCUT2D eigenvalue weighted by atomic mass is 9.70. The van der Waals surface area contributed by atoms with Crippen LogP contribution < -0.4 is 10.6 Å². The molecule has 2 amide bonds. The largest absolute Gasteiger partial charge is 0.481 e. The molecule has 1 saturated carbocycles. The highest BCUT2D eigenvalue weighted by atomic mass is 16.4. The predicted molar refractivity (Wildman–Crippen MR) is 64.8 cm³/mol. The quantitative estimate of drug-likeness (QED) is 0.663. The van der Waals surface area contributed by atoms with Gasteiger partial charge in [0.05, 0.1) is 6.42 Å². The van der Waals surface area contributed by atoms with E-state index in [1.54, 1.807) is 0 Å². The second kappa shape index (κ2) is 5.89. The number of nitrogens with one attached hydrogen (secondary N) is 2. The number of rotatable bonds is 6. The molecule has 1 unspecified atom stereocenters. The summed E-state index contributed by atoms with van der Waals surface area (Å²) in [6, 6.07) is -0.548. The summed E-state index contributed by atoms with van der Waals surface area (Å²) < 4.78 is 0. The standard InChI is InChI=1S/C12H22N2O3/c1-3-9(7-10(15)16)14-11(17)13-8-12(2)5-4-6-12/h9H,3-8H2,1-2H3,(H,15,16)(H2,13,14,17). The number of carboxylic acids is 1. The van der Waals surface area contributed by atoms with Gasteiger partial charge in [-0.25, -0.2) is 4.79 Å². The molecule has 0 bridgehead atoms. The van der Waals surface area contributed by atoms with E-state index in [1.807, 2.05) is 6.92 Å². The molecule has 3 N–H and O–H groups in total. The Labute approximate surface area is 102 Å². The fourth-order valence-electron chi connectivity index (χ4n) is 2.00. The first-order valence-corrected chi connectivity index (χ1v) is 6.21. The van der Waals surface area contributed by atoms with Crippen molar-refractivity contribution in [3.05, 3.63) is 0 Å². The molecule has 1 fully saturated rings. The number of urea groups is 1. The average Bonchev–Trinajstić information content (AvgIpc) is 2.22. The van der Waals surface area contributed by atoms with Crippen molar-refractivity contribution in [2.24, 2.45) is 5.41 Å². The first kappa shape index (κ1) is 13.8.